The van der Waals surface area contributed by atoms with Crippen LogP contribution in [0.5, 0.6) is 5.75 Å². The van der Waals surface area contributed by atoms with Crippen molar-refractivity contribution in [2.45, 2.75) is 32.4 Å². The maximum atomic E-state index is 14.2. The maximum absolute atomic E-state index is 14.2. The molecule has 0 aliphatic rings. The van der Waals surface area contributed by atoms with Crippen LogP contribution in [0.25, 0.3) is 10.9 Å². The Morgan fingerprint density at radius 1 is 1.08 bits per heavy atom. The first-order chi connectivity index (χ1) is 18.8. The minimum atomic E-state index is -0.752. The molecule has 39 heavy (non-hydrogen) atoms. The second kappa shape index (κ2) is 14.4. The van der Waals surface area contributed by atoms with E-state index in [9.17, 15) is 27.6 Å². The molecule has 0 aliphatic carbocycles. The van der Waals surface area contributed by atoms with E-state index in [4.69, 9.17) is 4.74 Å². The third-order valence-corrected chi connectivity index (χ3v) is 5.55. The van der Waals surface area contributed by atoms with Gasteiger partial charge in [-0.1, -0.05) is 6.08 Å². The number of ether oxygens (including phenoxy) is 1. The quantitative estimate of drug-likeness (QED) is 0.127. The Morgan fingerprint density at radius 2 is 1.90 bits per heavy atom. The highest BCUT2D eigenvalue weighted by atomic mass is 19.1. The topological polar surface area (TPSA) is 91.5 Å². The van der Waals surface area contributed by atoms with E-state index in [0.717, 1.165) is 17.8 Å². The number of aromatic nitrogens is 1. The lowest BCUT2D eigenvalue weighted by Crippen LogP contribution is -2.23. The minimum Gasteiger partial charge on any atom is -0.486 e. The normalized spacial score (nSPS) is 11.8. The summed E-state index contributed by atoms with van der Waals surface area (Å²) in [6, 6.07) is 7.44. The summed E-state index contributed by atoms with van der Waals surface area (Å²) in [5.74, 6) is -2.09. The summed E-state index contributed by atoms with van der Waals surface area (Å²) in [4.78, 5) is 38.5. The van der Waals surface area contributed by atoms with Crippen LogP contribution >= 0.6 is 0 Å². The lowest BCUT2D eigenvalue weighted by Gasteiger charge is -2.12. The van der Waals surface area contributed by atoms with Crippen molar-refractivity contribution >= 4 is 29.4 Å². The molecule has 0 aliphatic heterocycles. The number of H-pyrrole nitrogens is 1. The van der Waals surface area contributed by atoms with Gasteiger partial charge in [-0.2, -0.15) is 0 Å². The first-order valence-corrected chi connectivity index (χ1v) is 12.1. The number of aromatic amines is 1. The molecule has 0 spiro atoms. The van der Waals surface area contributed by atoms with E-state index < -0.39 is 17.5 Å². The van der Waals surface area contributed by atoms with Crippen molar-refractivity contribution in [2.75, 3.05) is 7.05 Å². The number of benzene rings is 2. The van der Waals surface area contributed by atoms with Crippen molar-refractivity contribution in [1.29, 1.82) is 0 Å². The molecule has 1 amide bonds. The summed E-state index contributed by atoms with van der Waals surface area (Å²) in [5.41, 5.74) is 1.50. The predicted molar refractivity (Wildman–Crippen MR) is 141 cm³/mol. The van der Waals surface area contributed by atoms with E-state index in [1.807, 2.05) is 0 Å². The van der Waals surface area contributed by atoms with Gasteiger partial charge in [0.25, 0.3) is 0 Å². The molecule has 0 atom stereocenters. The van der Waals surface area contributed by atoms with E-state index in [1.54, 1.807) is 36.4 Å². The average Bonchev–Trinajstić information content (AvgIpc) is 3.29. The van der Waals surface area contributed by atoms with Crippen LogP contribution in [0.15, 0.2) is 72.6 Å². The highest BCUT2D eigenvalue weighted by Crippen LogP contribution is 2.29. The van der Waals surface area contributed by atoms with Gasteiger partial charge in [0.1, 0.15) is 36.1 Å². The standard InChI is InChI=1S/C29H28F3N3O4/c1-35(11-6-7-24(18-37)33-28(38)8-4-2-3-5-12-36)17-25-14-21-13-23(31)16-27(29(21)34-25)39-19-20-9-10-22(30)15-26(20)32/h3,5-7,9-16,18,34H,2,4,8,17,19H2,1H3,(H,33,38)/b5-3+,11-6-,24-7+. The van der Waals surface area contributed by atoms with Crippen LogP contribution in [-0.2, 0) is 27.5 Å². The van der Waals surface area contributed by atoms with Crippen molar-refractivity contribution in [3.63, 3.8) is 0 Å². The highest BCUT2D eigenvalue weighted by molar-refractivity contribution is 5.86. The number of fused-ring (bicyclic) bond motifs is 1. The molecule has 0 saturated carbocycles. The van der Waals surface area contributed by atoms with Gasteiger partial charge in [0.05, 0.1) is 17.8 Å². The lowest BCUT2D eigenvalue weighted by atomic mass is 10.2. The van der Waals surface area contributed by atoms with Crippen molar-refractivity contribution < 1.29 is 32.3 Å². The van der Waals surface area contributed by atoms with Crippen LogP contribution < -0.4 is 10.1 Å². The van der Waals surface area contributed by atoms with Crippen molar-refractivity contribution in [1.82, 2.24) is 15.2 Å². The molecule has 204 valence electrons. The summed E-state index contributed by atoms with van der Waals surface area (Å²) in [7, 11) is 1.79. The zero-order valence-corrected chi connectivity index (χ0v) is 21.3. The molecule has 0 radical (unpaired) electrons. The predicted octanol–water partition coefficient (Wildman–Crippen LogP) is 5.23. The second-order valence-corrected chi connectivity index (χ2v) is 8.69. The molecule has 10 heteroatoms. The van der Waals surface area contributed by atoms with Crippen molar-refractivity contribution in [3.8, 4) is 5.75 Å². The first kappa shape index (κ1) is 29.0. The van der Waals surface area contributed by atoms with Crippen molar-refractivity contribution in [3.05, 3.63) is 101 Å². The molecule has 0 saturated heterocycles. The van der Waals surface area contributed by atoms with Gasteiger partial charge in [-0.15, -0.1) is 0 Å². The van der Waals surface area contributed by atoms with Gasteiger partial charge in [-0.05, 0) is 61.5 Å². The molecule has 0 fully saturated rings. The van der Waals surface area contributed by atoms with Crippen LogP contribution in [-0.4, -0.2) is 35.4 Å². The number of hydrogen-bond acceptors (Lipinski definition) is 5. The Balaban J connectivity index is 1.60. The maximum Gasteiger partial charge on any atom is 0.224 e. The molecule has 2 N–H and O–H groups in total. The third kappa shape index (κ3) is 9.03. The molecule has 1 heterocycles. The number of hydrogen-bond donors (Lipinski definition) is 2. The van der Waals surface area contributed by atoms with E-state index in [0.29, 0.717) is 42.9 Å². The number of amides is 1. The van der Waals surface area contributed by atoms with E-state index in [-0.39, 0.29) is 35.9 Å². The minimum absolute atomic E-state index is 0.105. The fourth-order valence-electron chi connectivity index (χ4n) is 3.71. The van der Waals surface area contributed by atoms with Gasteiger partial charge in [-0.25, -0.2) is 13.2 Å². The van der Waals surface area contributed by atoms with Crippen LogP contribution in [0, 0.1) is 17.5 Å². The molecular weight excluding hydrogens is 511 g/mol. The number of nitrogens with zero attached hydrogens (tertiary/aromatic N) is 1. The fraction of sp³-hybridized carbons (Fsp3) is 0.207. The largest absolute Gasteiger partial charge is 0.486 e. The smallest absolute Gasteiger partial charge is 0.224 e. The number of carbonyl (C=O) groups is 3. The Hall–Kier alpha value is -4.60. The van der Waals surface area contributed by atoms with Crippen LogP contribution in [0.1, 0.15) is 30.5 Å². The van der Waals surface area contributed by atoms with Gasteiger partial charge in [0.15, 0.2) is 6.29 Å². The SMILES string of the molecule is CN(/C=C\C=C(/C=O)NC(=O)CCC/C=C/C=O)Cc1cc2cc(F)cc(OCc3ccc(F)cc3F)c2[nH]1. The zero-order chi connectivity index (χ0) is 28.2. The van der Waals surface area contributed by atoms with Crippen LogP contribution in [0.4, 0.5) is 13.2 Å². The summed E-state index contributed by atoms with van der Waals surface area (Å²) >= 11 is 0. The van der Waals surface area contributed by atoms with Gasteiger partial charge < -0.3 is 19.9 Å². The third-order valence-electron chi connectivity index (χ3n) is 5.55. The number of nitrogens with one attached hydrogen (secondary N) is 2. The monoisotopic (exact) mass is 539 g/mol. The molecule has 2 aromatic carbocycles. The summed E-state index contributed by atoms with van der Waals surface area (Å²) in [6.07, 6.45) is 10.4. The number of carbonyl (C=O) groups excluding carboxylic acids is 3. The second-order valence-electron chi connectivity index (χ2n) is 8.69. The van der Waals surface area contributed by atoms with Gasteiger partial charge in [0, 0.05) is 42.2 Å². The average molecular weight is 540 g/mol. The van der Waals surface area contributed by atoms with Crippen LogP contribution in [0.2, 0.25) is 0 Å². The summed E-state index contributed by atoms with van der Waals surface area (Å²) < 4.78 is 46.9. The number of rotatable bonds is 14. The van der Waals surface area contributed by atoms with E-state index >= 15 is 0 Å². The Kier molecular flexibility index (Phi) is 10.7. The molecule has 7 nitrogen and oxygen atoms in total. The van der Waals surface area contributed by atoms with Crippen molar-refractivity contribution in [2.24, 2.45) is 0 Å². The molecule has 3 aromatic rings. The Labute approximate surface area is 223 Å². The molecule has 1 aromatic heterocycles. The van der Waals surface area contributed by atoms with E-state index in [1.165, 1.54) is 30.4 Å². The number of halogens is 3. The van der Waals surface area contributed by atoms with Gasteiger partial charge in [0.2, 0.25) is 5.91 Å². The summed E-state index contributed by atoms with van der Waals surface area (Å²) in [6.45, 7) is 0.185. The first-order valence-electron chi connectivity index (χ1n) is 12.1. The Bertz CT molecular complexity index is 1410. The van der Waals surface area contributed by atoms with Gasteiger partial charge in [-0.3, -0.25) is 14.4 Å². The molecule has 3 rings (SSSR count). The lowest BCUT2D eigenvalue weighted by molar-refractivity contribution is -0.121. The molecular formula is C29H28F3N3O4. The highest BCUT2D eigenvalue weighted by Gasteiger charge is 2.12. The van der Waals surface area contributed by atoms with Gasteiger partial charge >= 0.3 is 0 Å². The number of allylic oxidation sites excluding steroid dienone is 5. The van der Waals surface area contributed by atoms with E-state index in [2.05, 4.69) is 10.3 Å². The number of unbranched alkanes of at least 4 members (excludes halogenated alkanes) is 1. The number of aldehydes is 2. The molecule has 0 bridgehead atoms. The van der Waals surface area contributed by atoms with Crippen LogP contribution in [0.3, 0.4) is 0 Å². The summed E-state index contributed by atoms with van der Waals surface area (Å²) in [5, 5.41) is 3.09. The Morgan fingerprint density at radius 3 is 2.64 bits per heavy atom. The zero-order valence-electron chi connectivity index (χ0n) is 21.3. The molecule has 0 unspecified atom stereocenters. The fourth-order valence-corrected chi connectivity index (χ4v) is 3.71.